The van der Waals surface area contributed by atoms with Crippen LogP contribution in [0.3, 0.4) is 0 Å². The Hall–Kier alpha value is -3.06. The van der Waals surface area contributed by atoms with E-state index in [4.69, 9.17) is 4.98 Å². The van der Waals surface area contributed by atoms with Gasteiger partial charge < -0.3 is 0 Å². The lowest BCUT2D eigenvalue weighted by atomic mass is 10.2. The summed E-state index contributed by atoms with van der Waals surface area (Å²) < 4.78 is 2.86. The molecule has 0 radical (unpaired) electrons. The van der Waals surface area contributed by atoms with Crippen molar-refractivity contribution >= 4 is 32.6 Å². The van der Waals surface area contributed by atoms with Crippen molar-refractivity contribution in [2.75, 3.05) is 4.90 Å². The zero-order valence-electron chi connectivity index (χ0n) is 16.7. The van der Waals surface area contributed by atoms with Crippen molar-refractivity contribution in [1.29, 1.82) is 0 Å². The van der Waals surface area contributed by atoms with E-state index in [9.17, 15) is 4.79 Å². The number of pyridine rings is 1. The Morgan fingerprint density at radius 3 is 2.76 bits per heavy atom. The van der Waals surface area contributed by atoms with Gasteiger partial charge in [-0.1, -0.05) is 30.4 Å². The number of fused-ring (bicyclic) bond motifs is 1. The molecule has 4 rings (SSSR count). The van der Waals surface area contributed by atoms with E-state index in [0.29, 0.717) is 17.4 Å². The third-order valence-corrected chi connectivity index (χ3v) is 5.77. The number of anilines is 1. The van der Waals surface area contributed by atoms with E-state index >= 15 is 0 Å². The van der Waals surface area contributed by atoms with Gasteiger partial charge in [0.05, 0.1) is 22.5 Å². The fourth-order valence-corrected chi connectivity index (χ4v) is 4.08. The van der Waals surface area contributed by atoms with Gasteiger partial charge in [-0.3, -0.25) is 19.4 Å². The molecule has 4 aromatic rings. The Kier molecular flexibility index (Phi) is 5.40. The van der Waals surface area contributed by atoms with Gasteiger partial charge in [0.1, 0.15) is 0 Å². The molecule has 148 valence electrons. The Balaban J connectivity index is 1.74. The van der Waals surface area contributed by atoms with Gasteiger partial charge in [0.2, 0.25) is 0 Å². The van der Waals surface area contributed by atoms with Crippen LogP contribution >= 0.6 is 11.3 Å². The number of aromatic nitrogens is 4. The van der Waals surface area contributed by atoms with Crippen LogP contribution in [0, 0.1) is 0 Å². The molecule has 0 bridgehead atoms. The monoisotopic (exact) mass is 405 g/mol. The number of amides is 1. The first-order valence-corrected chi connectivity index (χ1v) is 10.5. The van der Waals surface area contributed by atoms with Crippen LogP contribution in [0.2, 0.25) is 0 Å². The number of benzene rings is 1. The molecule has 0 N–H and O–H groups in total. The summed E-state index contributed by atoms with van der Waals surface area (Å²) in [6.45, 7) is 6.54. The molecule has 29 heavy (non-hydrogen) atoms. The molecule has 0 aliphatic carbocycles. The first kappa shape index (κ1) is 19.3. The van der Waals surface area contributed by atoms with Crippen LogP contribution in [-0.4, -0.2) is 25.7 Å². The van der Waals surface area contributed by atoms with E-state index in [2.05, 4.69) is 29.1 Å². The lowest BCUT2D eigenvalue weighted by Crippen LogP contribution is -2.31. The van der Waals surface area contributed by atoms with Crippen LogP contribution in [-0.2, 0) is 13.0 Å². The first-order valence-electron chi connectivity index (χ1n) is 9.71. The Morgan fingerprint density at radius 1 is 1.21 bits per heavy atom. The van der Waals surface area contributed by atoms with Crippen molar-refractivity contribution in [3.8, 4) is 0 Å². The number of aryl methyl sites for hydroxylation is 1. The average Bonchev–Trinajstić information content (AvgIpc) is 3.39. The summed E-state index contributed by atoms with van der Waals surface area (Å²) in [4.78, 5) is 24.2. The number of hydrogen-bond donors (Lipinski definition) is 0. The SMILES string of the molecule is CCc1ccc2nc(N(Cc3ccccn3)C(=O)c3ccn(C(C)C)n3)sc2c1. The molecule has 0 spiro atoms. The highest BCUT2D eigenvalue weighted by atomic mass is 32.1. The molecule has 3 heterocycles. The van der Waals surface area contributed by atoms with E-state index in [0.717, 1.165) is 22.3 Å². The summed E-state index contributed by atoms with van der Waals surface area (Å²) in [6, 6.07) is 13.9. The van der Waals surface area contributed by atoms with E-state index in [1.54, 1.807) is 21.8 Å². The van der Waals surface area contributed by atoms with Crippen molar-refractivity contribution < 1.29 is 4.79 Å². The van der Waals surface area contributed by atoms with Gasteiger partial charge in [-0.2, -0.15) is 5.10 Å². The molecule has 1 aromatic carbocycles. The summed E-state index contributed by atoms with van der Waals surface area (Å²) in [5.74, 6) is -0.176. The predicted octanol–water partition coefficient (Wildman–Crippen LogP) is 4.88. The van der Waals surface area contributed by atoms with Gasteiger partial charge in [0, 0.05) is 18.4 Å². The van der Waals surface area contributed by atoms with Gasteiger partial charge in [0.15, 0.2) is 10.8 Å². The van der Waals surface area contributed by atoms with Gasteiger partial charge in [-0.15, -0.1) is 0 Å². The maximum atomic E-state index is 13.4. The molecule has 0 aliphatic heterocycles. The Bertz CT molecular complexity index is 1130. The average molecular weight is 406 g/mol. The maximum Gasteiger partial charge on any atom is 0.280 e. The lowest BCUT2D eigenvalue weighted by Gasteiger charge is -2.18. The minimum Gasteiger partial charge on any atom is -0.276 e. The highest BCUT2D eigenvalue weighted by Crippen LogP contribution is 2.31. The molecule has 0 atom stereocenters. The number of carbonyl (C=O) groups is 1. The van der Waals surface area contributed by atoms with Crippen molar-refractivity contribution in [3.63, 3.8) is 0 Å². The molecular formula is C22H23N5OS. The minimum absolute atomic E-state index is 0.176. The summed E-state index contributed by atoms with van der Waals surface area (Å²) in [5.41, 5.74) is 3.36. The Morgan fingerprint density at radius 2 is 2.07 bits per heavy atom. The zero-order chi connectivity index (χ0) is 20.4. The topological polar surface area (TPSA) is 63.9 Å². The number of thiazole rings is 1. The molecule has 7 heteroatoms. The van der Waals surface area contributed by atoms with Crippen molar-refractivity contribution in [3.05, 3.63) is 71.8 Å². The Labute approximate surface area is 173 Å². The second-order valence-corrected chi connectivity index (χ2v) is 8.15. The highest BCUT2D eigenvalue weighted by molar-refractivity contribution is 7.22. The van der Waals surface area contributed by atoms with Crippen LogP contribution in [0.25, 0.3) is 10.2 Å². The van der Waals surface area contributed by atoms with Crippen molar-refractivity contribution in [2.45, 2.75) is 39.8 Å². The number of hydrogen-bond acceptors (Lipinski definition) is 5. The standard InChI is InChI=1S/C22H23N5OS/c1-4-16-8-9-18-20(13-16)29-22(24-18)26(14-17-7-5-6-11-23-17)21(28)19-10-12-27(25-19)15(2)3/h5-13,15H,4,14H2,1-3H3. The van der Waals surface area contributed by atoms with E-state index in [-0.39, 0.29) is 11.9 Å². The van der Waals surface area contributed by atoms with Gasteiger partial charge in [0.25, 0.3) is 5.91 Å². The fraction of sp³-hybridized carbons (Fsp3) is 0.273. The third-order valence-electron chi connectivity index (χ3n) is 4.73. The van der Waals surface area contributed by atoms with E-state index in [1.165, 1.54) is 16.9 Å². The fourth-order valence-electron chi connectivity index (χ4n) is 3.05. The van der Waals surface area contributed by atoms with Crippen LogP contribution in [0.15, 0.2) is 54.9 Å². The smallest absolute Gasteiger partial charge is 0.276 e. The molecule has 0 aliphatic rings. The molecule has 0 fully saturated rings. The number of nitrogens with zero attached hydrogens (tertiary/aromatic N) is 5. The molecular weight excluding hydrogens is 382 g/mol. The van der Waals surface area contributed by atoms with Gasteiger partial charge in [-0.25, -0.2) is 4.98 Å². The van der Waals surface area contributed by atoms with Crippen LogP contribution < -0.4 is 4.90 Å². The molecule has 0 unspecified atom stereocenters. The highest BCUT2D eigenvalue weighted by Gasteiger charge is 2.24. The third kappa shape index (κ3) is 4.05. The number of carbonyl (C=O) groups excluding carboxylic acids is 1. The summed E-state index contributed by atoms with van der Waals surface area (Å²) >= 11 is 1.52. The van der Waals surface area contributed by atoms with Crippen LogP contribution in [0.1, 0.15) is 48.6 Å². The minimum atomic E-state index is -0.176. The number of rotatable bonds is 6. The quantitative estimate of drug-likeness (QED) is 0.459. The normalized spacial score (nSPS) is 11.3. The van der Waals surface area contributed by atoms with Gasteiger partial charge >= 0.3 is 0 Å². The molecule has 3 aromatic heterocycles. The zero-order valence-corrected chi connectivity index (χ0v) is 17.6. The van der Waals surface area contributed by atoms with Crippen LogP contribution in [0.5, 0.6) is 0 Å². The summed E-state index contributed by atoms with van der Waals surface area (Å²) in [7, 11) is 0. The van der Waals surface area contributed by atoms with Crippen molar-refractivity contribution in [2.24, 2.45) is 0 Å². The first-order chi connectivity index (χ1) is 14.0. The summed E-state index contributed by atoms with van der Waals surface area (Å²) in [6.07, 6.45) is 4.53. The second-order valence-electron chi connectivity index (χ2n) is 7.14. The molecule has 6 nitrogen and oxygen atoms in total. The van der Waals surface area contributed by atoms with Gasteiger partial charge in [-0.05, 0) is 56.2 Å². The molecule has 1 amide bonds. The van der Waals surface area contributed by atoms with E-state index < -0.39 is 0 Å². The van der Waals surface area contributed by atoms with Crippen molar-refractivity contribution in [1.82, 2.24) is 19.7 Å². The largest absolute Gasteiger partial charge is 0.280 e. The summed E-state index contributed by atoms with van der Waals surface area (Å²) in [5, 5.41) is 5.12. The maximum absolute atomic E-state index is 13.4. The molecule has 0 saturated carbocycles. The predicted molar refractivity (Wildman–Crippen MR) is 116 cm³/mol. The lowest BCUT2D eigenvalue weighted by molar-refractivity contribution is 0.0979. The second kappa shape index (κ2) is 8.13. The van der Waals surface area contributed by atoms with E-state index in [1.807, 2.05) is 44.3 Å². The van der Waals surface area contributed by atoms with Crippen LogP contribution in [0.4, 0.5) is 5.13 Å². The molecule has 0 saturated heterocycles.